The number of hydrogen-bond acceptors (Lipinski definition) is 6. The largest absolute Gasteiger partial charge is 0.489 e. The van der Waals surface area contributed by atoms with Crippen molar-refractivity contribution in [1.82, 2.24) is 25.7 Å². The van der Waals surface area contributed by atoms with Crippen molar-refractivity contribution in [2.75, 3.05) is 7.05 Å². The van der Waals surface area contributed by atoms with Crippen LogP contribution in [0.5, 0.6) is 5.75 Å². The lowest BCUT2D eigenvalue weighted by Crippen LogP contribution is -2.33. The number of hydrogen-bond donors (Lipinski definition) is 3. The first kappa shape index (κ1) is 23.7. The second kappa shape index (κ2) is 9.68. The molecule has 6 rings (SSSR count). The zero-order chi connectivity index (χ0) is 26.2. The minimum absolute atomic E-state index is 0.0440. The summed E-state index contributed by atoms with van der Waals surface area (Å²) in [6.07, 6.45) is 4.26. The Kier molecular flexibility index (Phi) is 6.05. The number of halogens is 1. The number of hydrazine groups is 2. The molecule has 2 aliphatic rings. The van der Waals surface area contributed by atoms with Crippen molar-refractivity contribution in [3.8, 4) is 22.6 Å². The molecule has 0 radical (unpaired) electrons. The van der Waals surface area contributed by atoms with Gasteiger partial charge in [0.15, 0.2) is 0 Å². The van der Waals surface area contributed by atoms with Crippen LogP contribution in [0.1, 0.15) is 34.0 Å². The van der Waals surface area contributed by atoms with Crippen LogP contribution in [0.4, 0.5) is 4.39 Å². The van der Waals surface area contributed by atoms with Crippen LogP contribution in [0.2, 0.25) is 0 Å². The molecular weight excluding hydrogens is 485 g/mol. The van der Waals surface area contributed by atoms with E-state index in [1.807, 2.05) is 66.8 Å². The highest BCUT2D eigenvalue weighted by Crippen LogP contribution is 2.52. The summed E-state index contributed by atoms with van der Waals surface area (Å²) in [6.45, 7) is 0.331. The van der Waals surface area contributed by atoms with Crippen LogP contribution in [-0.4, -0.2) is 32.9 Å². The van der Waals surface area contributed by atoms with Gasteiger partial charge in [-0.15, -0.1) is 5.53 Å². The Morgan fingerprint density at radius 1 is 1.08 bits per heavy atom. The third-order valence-corrected chi connectivity index (χ3v) is 6.86. The third kappa shape index (κ3) is 4.71. The molecule has 2 atom stereocenters. The van der Waals surface area contributed by atoms with Gasteiger partial charge < -0.3 is 15.3 Å². The van der Waals surface area contributed by atoms with Crippen LogP contribution in [0.3, 0.4) is 0 Å². The van der Waals surface area contributed by atoms with Crippen LogP contribution in [0.15, 0.2) is 90.9 Å². The van der Waals surface area contributed by atoms with Crippen LogP contribution >= 0.6 is 0 Å². The van der Waals surface area contributed by atoms with Gasteiger partial charge in [-0.2, -0.15) is 5.10 Å². The maximum atomic E-state index is 13.2. The molecule has 4 aromatic rings. The minimum atomic E-state index is -0.984. The number of ether oxygens (including phenoxy) is 1. The zero-order valence-corrected chi connectivity index (χ0v) is 20.6. The van der Waals surface area contributed by atoms with E-state index in [9.17, 15) is 14.3 Å². The number of carbonyl (C=O) groups is 1. The summed E-state index contributed by atoms with van der Waals surface area (Å²) >= 11 is 0. The highest BCUT2D eigenvalue weighted by Gasteiger charge is 2.46. The van der Waals surface area contributed by atoms with Crippen molar-refractivity contribution in [2.24, 2.45) is 5.92 Å². The van der Waals surface area contributed by atoms with Crippen molar-refractivity contribution in [3.63, 3.8) is 0 Å². The first-order chi connectivity index (χ1) is 18.5. The van der Waals surface area contributed by atoms with Crippen LogP contribution < -0.4 is 15.7 Å². The first-order valence-electron chi connectivity index (χ1n) is 12.3. The molecule has 2 unspecified atom stereocenters. The Morgan fingerprint density at radius 2 is 1.84 bits per heavy atom. The smallest absolute Gasteiger partial charge is 0.339 e. The lowest BCUT2D eigenvalue weighted by atomic mass is 10.0. The van der Waals surface area contributed by atoms with E-state index in [-0.39, 0.29) is 23.2 Å². The van der Waals surface area contributed by atoms with Crippen LogP contribution in [0.25, 0.3) is 16.8 Å². The summed E-state index contributed by atoms with van der Waals surface area (Å²) in [5.41, 5.74) is 11.7. The highest BCUT2D eigenvalue weighted by molar-refractivity contribution is 5.89. The molecule has 1 fully saturated rings. The van der Waals surface area contributed by atoms with Crippen molar-refractivity contribution in [1.29, 1.82) is 0 Å². The van der Waals surface area contributed by atoms with E-state index in [2.05, 4.69) is 16.1 Å². The summed E-state index contributed by atoms with van der Waals surface area (Å²) in [4.78, 5) is 12.0. The minimum Gasteiger partial charge on any atom is -0.489 e. The normalized spacial score (nSPS) is 18.2. The lowest BCUT2D eigenvalue weighted by molar-refractivity contribution is 0.0695. The fourth-order valence-corrected chi connectivity index (χ4v) is 4.87. The van der Waals surface area contributed by atoms with E-state index in [0.717, 1.165) is 34.5 Å². The average molecular weight is 512 g/mol. The first-order valence-corrected chi connectivity index (χ1v) is 12.3. The van der Waals surface area contributed by atoms with E-state index in [1.54, 1.807) is 16.8 Å². The van der Waals surface area contributed by atoms with E-state index < -0.39 is 5.97 Å². The molecule has 3 aromatic carbocycles. The van der Waals surface area contributed by atoms with Gasteiger partial charge in [-0.05, 0) is 59.5 Å². The van der Waals surface area contributed by atoms with Gasteiger partial charge >= 0.3 is 5.97 Å². The number of carboxylic acids is 1. The average Bonchev–Trinajstić information content (AvgIpc) is 3.37. The molecule has 0 bridgehead atoms. The third-order valence-electron chi connectivity index (χ3n) is 6.86. The lowest BCUT2D eigenvalue weighted by Gasteiger charge is -2.12. The van der Waals surface area contributed by atoms with Gasteiger partial charge in [-0.1, -0.05) is 36.4 Å². The summed E-state index contributed by atoms with van der Waals surface area (Å²) in [5, 5.41) is 16.2. The maximum Gasteiger partial charge on any atom is 0.339 e. The molecule has 8 nitrogen and oxygen atoms in total. The molecule has 1 aromatic heterocycles. The van der Waals surface area contributed by atoms with E-state index in [1.165, 1.54) is 18.3 Å². The number of carboxylic acid groups (broad SMARTS) is 1. The quantitative estimate of drug-likeness (QED) is 0.311. The molecule has 0 spiro atoms. The zero-order valence-electron chi connectivity index (χ0n) is 20.6. The fraction of sp³-hybridized carbons (Fsp3) is 0.172. The molecule has 38 heavy (non-hydrogen) atoms. The van der Waals surface area contributed by atoms with Gasteiger partial charge in [0.2, 0.25) is 0 Å². The van der Waals surface area contributed by atoms with Crippen LogP contribution in [-0.2, 0) is 6.61 Å². The molecular formula is C29H26FN5O3. The number of benzene rings is 3. The predicted molar refractivity (Wildman–Crippen MR) is 140 cm³/mol. The molecule has 2 heterocycles. The maximum absolute atomic E-state index is 13.2. The molecule has 1 aliphatic carbocycles. The Morgan fingerprint density at radius 3 is 2.58 bits per heavy atom. The van der Waals surface area contributed by atoms with Crippen LogP contribution in [0, 0.1) is 11.7 Å². The Balaban J connectivity index is 1.27. The van der Waals surface area contributed by atoms with Crippen molar-refractivity contribution in [3.05, 3.63) is 114 Å². The second-order valence-electron chi connectivity index (χ2n) is 9.53. The fourth-order valence-electron chi connectivity index (χ4n) is 4.87. The standard InChI is InChI=1S/C29H26FN5O3/c1-34-16-27(32-33-34)24-14-25(24)28-26(29(36)37)15-31-35(28)22-6-2-4-19(12-22)20-5-3-7-23(13-20)38-17-18-8-10-21(30)11-9-18/h2-13,15-16,24-25,32-33H,14,17H2,1H3,(H,36,37). The molecule has 9 heteroatoms. The van der Waals surface area contributed by atoms with Gasteiger partial charge in [0, 0.05) is 30.8 Å². The Bertz CT molecular complexity index is 1530. The molecule has 0 saturated heterocycles. The Labute approximate surface area is 218 Å². The highest BCUT2D eigenvalue weighted by atomic mass is 19.1. The second-order valence-corrected chi connectivity index (χ2v) is 9.53. The van der Waals surface area contributed by atoms with E-state index >= 15 is 0 Å². The van der Waals surface area contributed by atoms with E-state index in [4.69, 9.17) is 4.74 Å². The SMILES string of the molecule is CN1C=C(C2CC2c2c(C(=O)O)cnn2-c2cccc(-c3cccc(OCc4ccc(F)cc4)c3)c2)NN1. The van der Waals surface area contributed by atoms with Crippen molar-refractivity contribution < 1.29 is 19.0 Å². The predicted octanol–water partition coefficient (Wildman–Crippen LogP) is 4.86. The van der Waals surface area contributed by atoms with Gasteiger partial charge in [0.1, 0.15) is 23.7 Å². The monoisotopic (exact) mass is 511 g/mol. The summed E-state index contributed by atoms with van der Waals surface area (Å²) in [6, 6.07) is 21.9. The number of rotatable bonds is 8. The Hall–Kier alpha value is -4.63. The van der Waals surface area contributed by atoms with Gasteiger partial charge in [-0.25, -0.2) is 13.9 Å². The number of aromatic nitrogens is 2. The van der Waals surface area contributed by atoms with Gasteiger partial charge in [-0.3, -0.25) is 5.01 Å². The molecule has 192 valence electrons. The number of allylic oxidation sites excluding steroid dienone is 1. The summed E-state index contributed by atoms with van der Waals surface area (Å²) < 4.78 is 20.9. The van der Waals surface area contributed by atoms with Crippen molar-refractivity contribution >= 4 is 5.97 Å². The number of aromatic carboxylic acids is 1. The summed E-state index contributed by atoms with van der Waals surface area (Å²) in [5.74, 6) is -0.327. The topological polar surface area (TPSA) is 91.7 Å². The van der Waals surface area contributed by atoms with E-state index in [0.29, 0.717) is 18.1 Å². The molecule has 1 aliphatic heterocycles. The van der Waals surface area contributed by atoms with Gasteiger partial charge in [0.05, 0.1) is 17.6 Å². The van der Waals surface area contributed by atoms with Gasteiger partial charge in [0.25, 0.3) is 0 Å². The summed E-state index contributed by atoms with van der Waals surface area (Å²) in [7, 11) is 1.90. The van der Waals surface area contributed by atoms with Crippen molar-refractivity contribution in [2.45, 2.75) is 18.9 Å². The number of nitrogens with one attached hydrogen (secondary N) is 2. The molecule has 0 amide bonds. The number of nitrogens with zero attached hydrogens (tertiary/aromatic N) is 3. The molecule has 1 saturated carbocycles. The molecule has 3 N–H and O–H groups in total.